The number of pyridine rings is 1. The maximum absolute atomic E-state index is 5.94. The highest BCUT2D eigenvalue weighted by atomic mass is 35.5. The van der Waals surface area contributed by atoms with Gasteiger partial charge in [0, 0.05) is 6.07 Å². The minimum Gasteiger partial charge on any atom is -0.454 e. The van der Waals surface area contributed by atoms with Gasteiger partial charge in [-0.05, 0) is 12.1 Å². The number of ether oxygens (including phenoxy) is 1. The Morgan fingerprint density at radius 3 is 2.73 bits per heavy atom. The van der Waals surface area contributed by atoms with E-state index < -0.39 is 0 Å². The molecule has 0 saturated heterocycles. The van der Waals surface area contributed by atoms with Gasteiger partial charge >= 0.3 is 0 Å². The Bertz CT molecular complexity index is 474. The molecule has 0 spiro atoms. The minimum atomic E-state index is 0.555. The maximum atomic E-state index is 5.94. The first-order valence-electron chi connectivity index (χ1n) is 4.38. The smallest absolute Gasteiger partial charge is 0.147 e. The molecule has 1 aromatic heterocycles. The van der Waals surface area contributed by atoms with Gasteiger partial charge in [0.15, 0.2) is 0 Å². The Hall–Kier alpha value is -1.74. The molecule has 0 atom stereocenters. The Kier molecular flexibility index (Phi) is 2.74. The third-order valence-corrected chi connectivity index (χ3v) is 2.11. The maximum Gasteiger partial charge on any atom is 0.147 e. The normalized spacial score (nSPS) is 9.93. The standard InChI is InChI=1S/C11H9ClN2O/c12-10-3-1-2-4-11(10)15-9-5-8(13)6-14-7-9/h1-7H,13H2. The van der Waals surface area contributed by atoms with Crippen LogP contribution in [0.25, 0.3) is 0 Å². The van der Waals surface area contributed by atoms with Gasteiger partial charge in [0.1, 0.15) is 11.5 Å². The van der Waals surface area contributed by atoms with Crippen LogP contribution in [-0.2, 0) is 0 Å². The van der Waals surface area contributed by atoms with Crippen LogP contribution in [0.1, 0.15) is 0 Å². The molecule has 2 rings (SSSR count). The van der Waals surface area contributed by atoms with Crippen LogP contribution in [-0.4, -0.2) is 4.98 Å². The molecule has 15 heavy (non-hydrogen) atoms. The summed E-state index contributed by atoms with van der Waals surface area (Å²) in [4.78, 5) is 3.92. The molecular formula is C11H9ClN2O. The van der Waals surface area contributed by atoms with Gasteiger partial charge in [-0.25, -0.2) is 0 Å². The van der Waals surface area contributed by atoms with Gasteiger partial charge in [-0.3, -0.25) is 4.98 Å². The minimum absolute atomic E-state index is 0.555. The van der Waals surface area contributed by atoms with Crippen molar-refractivity contribution in [3.8, 4) is 11.5 Å². The van der Waals surface area contributed by atoms with E-state index in [9.17, 15) is 0 Å². The molecule has 0 unspecified atom stereocenters. The Labute approximate surface area is 92.5 Å². The first kappa shape index (κ1) is 9.80. The zero-order chi connectivity index (χ0) is 10.7. The van der Waals surface area contributed by atoms with E-state index >= 15 is 0 Å². The Balaban J connectivity index is 2.26. The van der Waals surface area contributed by atoms with Crippen LogP contribution in [0.2, 0.25) is 5.02 Å². The van der Waals surface area contributed by atoms with Crippen LogP contribution in [0.4, 0.5) is 5.69 Å². The van der Waals surface area contributed by atoms with Crippen molar-refractivity contribution in [3.63, 3.8) is 0 Å². The van der Waals surface area contributed by atoms with Crippen molar-refractivity contribution < 1.29 is 4.74 Å². The lowest BCUT2D eigenvalue weighted by atomic mass is 10.3. The molecule has 0 aliphatic carbocycles. The molecule has 1 aromatic carbocycles. The number of aromatic nitrogens is 1. The number of hydrogen-bond donors (Lipinski definition) is 1. The Morgan fingerprint density at radius 1 is 1.20 bits per heavy atom. The molecule has 0 amide bonds. The van der Waals surface area contributed by atoms with Crippen LogP contribution in [0.15, 0.2) is 42.7 Å². The zero-order valence-electron chi connectivity index (χ0n) is 7.85. The van der Waals surface area contributed by atoms with Crippen LogP contribution >= 0.6 is 11.6 Å². The molecule has 3 nitrogen and oxygen atoms in total. The van der Waals surface area contributed by atoms with Crippen molar-refractivity contribution in [2.75, 3.05) is 5.73 Å². The number of hydrogen-bond acceptors (Lipinski definition) is 3. The van der Waals surface area contributed by atoms with Crippen molar-refractivity contribution >= 4 is 17.3 Å². The summed E-state index contributed by atoms with van der Waals surface area (Å²) >= 11 is 5.94. The van der Waals surface area contributed by atoms with E-state index in [0.29, 0.717) is 22.2 Å². The van der Waals surface area contributed by atoms with Gasteiger partial charge in [0.2, 0.25) is 0 Å². The third kappa shape index (κ3) is 2.39. The molecule has 0 radical (unpaired) electrons. The van der Waals surface area contributed by atoms with Crippen LogP contribution in [0, 0.1) is 0 Å². The zero-order valence-corrected chi connectivity index (χ0v) is 8.61. The fourth-order valence-corrected chi connectivity index (χ4v) is 1.32. The van der Waals surface area contributed by atoms with Crippen molar-refractivity contribution in [1.82, 2.24) is 4.98 Å². The molecule has 2 N–H and O–H groups in total. The number of benzene rings is 1. The number of nitrogen functional groups attached to an aromatic ring is 1. The summed E-state index contributed by atoms with van der Waals surface area (Å²) in [5.41, 5.74) is 6.13. The van der Waals surface area contributed by atoms with Gasteiger partial charge in [-0.1, -0.05) is 23.7 Å². The van der Waals surface area contributed by atoms with Gasteiger partial charge in [-0.2, -0.15) is 0 Å². The summed E-state index contributed by atoms with van der Waals surface area (Å²) < 4.78 is 5.52. The van der Waals surface area contributed by atoms with E-state index in [1.165, 1.54) is 0 Å². The summed E-state index contributed by atoms with van der Waals surface area (Å²) in [6.45, 7) is 0. The fourth-order valence-electron chi connectivity index (χ4n) is 1.15. The molecule has 0 aliphatic rings. The highest BCUT2D eigenvalue weighted by Crippen LogP contribution is 2.28. The average Bonchev–Trinajstić information content (AvgIpc) is 2.22. The molecule has 1 heterocycles. The van der Waals surface area contributed by atoms with E-state index in [2.05, 4.69) is 4.98 Å². The van der Waals surface area contributed by atoms with E-state index in [1.807, 2.05) is 12.1 Å². The second-order valence-electron chi connectivity index (χ2n) is 2.99. The second kappa shape index (κ2) is 4.19. The number of para-hydroxylation sites is 1. The first-order chi connectivity index (χ1) is 7.25. The SMILES string of the molecule is Nc1cncc(Oc2ccccc2Cl)c1. The van der Waals surface area contributed by atoms with Crippen LogP contribution in [0.5, 0.6) is 11.5 Å². The summed E-state index contributed by atoms with van der Waals surface area (Å²) in [5, 5.41) is 0.555. The molecule has 0 saturated carbocycles. The number of rotatable bonds is 2. The molecule has 0 aliphatic heterocycles. The predicted molar refractivity (Wildman–Crippen MR) is 60.2 cm³/mol. The van der Waals surface area contributed by atoms with Crippen molar-refractivity contribution in [3.05, 3.63) is 47.7 Å². The van der Waals surface area contributed by atoms with Crippen LogP contribution < -0.4 is 10.5 Å². The van der Waals surface area contributed by atoms with Gasteiger partial charge in [0.25, 0.3) is 0 Å². The van der Waals surface area contributed by atoms with Crippen LogP contribution in [0.3, 0.4) is 0 Å². The summed E-state index contributed by atoms with van der Waals surface area (Å²) in [6, 6.07) is 8.92. The average molecular weight is 221 g/mol. The summed E-state index contributed by atoms with van der Waals surface area (Å²) in [7, 11) is 0. The van der Waals surface area contributed by atoms with Gasteiger partial charge in [-0.15, -0.1) is 0 Å². The van der Waals surface area contributed by atoms with Gasteiger partial charge < -0.3 is 10.5 Å². The molecule has 4 heteroatoms. The monoisotopic (exact) mass is 220 g/mol. The largest absolute Gasteiger partial charge is 0.454 e. The number of nitrogens with zero attached hydrogens (tertiary/aromatic N) is 1. The highest BCUT2D eigenvalue weighted by molar-refractivity contribution is 6.32. The lowest BCUT2D eigenvalue weighted by Crippen LogP contribution is -1.89. The van der Waals surface area contributed by atoms with Crippen molar-refractivity contribution in [1.29, 1.82) is 0 Å². The molecule has 2 aromatic rings. The summed E-state index contributed by atoms with van der Waals surface area (Å²) in [6.07, 6.45) is 3.14. The predicted octanol–water partition coefficient (Wildman–Crippen LogP) is 3.11. The first-order valence-corrected chi connectivity index (χ1v) is 4.76. The van der Waals surface area contributed by atoms with E-state index in [4.69, 9.17) is 22.1 Å². The molecular weight excluding hydrogens is 212 g/mol. The lowest BCUT2D eigenvalue weighted by molar-refractivity contribution is 0.481. The number of halogens is 1. The number of anilines is 1. The summed E-state index contributed by atoms with van der Waals surface area (Å²) in [5.74, 6) is 1.16. The molecule has 0 fully saturated rings. The topological polar surface area (TPSA) is 48.1 Å². The Morgan fingerprint density at radius 2 is 2.00 bits per heavy atom. The van der Waals surface area contributed by atoms with E-state index in [1.54, 1.807) is 30.6 Å². The van der Waals surface area contributed by atoms with Crippen molar-refractivity contribution in [2.24, 2.45) is 0 Å². The van der Waals surface area contributed by atoms with E-state index in [-0.39, 0.29) is 0 Å². The second-order valence-corrected chi connectivity index (χ2v) is 3.39. The fraction of sp³-hybridized carbons (Fsp3) is 0. The number of nitrogens with two attached hydrogens (primary N) is 1. The third-order valence-electron chi connectivity index (χ3n) is 1.80. The molecule has 76 valence electrons. The molecule has 0 bridgehead atoms. The highest BCUT2D eigenvalue weighted by Gasteiger charge is 2.01. The lowest BCUT2D eigenvalue weighted by Gasteiger charge is -2.06. The van der Waals surface area contributed by atoms with E-state index in [0.717, 1.165) is 0 Å². The van der Waals surface area contributed by atoms with Gasteiger partial charge in [0.05, 0.1) is 23.1 Å². The quantitative estimate of drug-likeness (QED) is 0.846. The van der Waals surface area contributed by atoms with Crippen molar-refractivity contribution in [2.45, 2.75) is 0 Å².